The van der Waals surface area contributed by atoms with Gasteiger partial charge in [-0.1, -0.05) is 18.2 Å². The zero-order chi connectivity index (χ0) is 21.0. The molecule has 1 aromatic carbocycles. The van der Waals surface area contributed by atoms with Gasteiger partial charge in [0, 0.05) is 18.7 Å². The van der Waals surface area contributed by atoms with E-state index in [0.717, 1.165) is 0 Å². The van der Waals surface area contributed by atoms with Gasteiger partial charge in [-0.05, 0) is 39.3 Å². The summed E-state index contributed by atoms with van der Waals surface area (Å²) in [6.07, 6.45) is -0.149. The summed E-state index contributed by atoms with van der Waals surface area (Å²) in [6, 6.07) is 8.61. The van der Waals surface area contributed by atoms with Gasteiger partial charge >= 0.3 is 6.09 Å². The van der Waals surface area contributed by atoms with Crippen molar-refractivity contribution in [2.45, 2.75) is 32.8 Å². The zero-order valence-electron chi connectivity index (χ0n) is 16.5. The van der Waals surface area contributed by atoms with E-state index < -0.39 is 11.7 Å². The van der Waals surface area contributed by atoms with Crippen LogP contribution >= 0.6 is 0 Å². The third-order valence-corrected chi connectivity index (χ3v) is 3.24. The number of hydrogen-bond donors (Lipinski definition) is 4. The molecule has 4 amide bonds. The lowest BCUT2D eigenvalue weighted by Crippen LogP contribution is -2.41. The van der Waals surface area contributed by atoms with Crippen molar-refractivity contribution < 1.29 is 23.9 Å². The first-order valence-corrected chi connectivity index (χ1v) is 9.01. The number of amides is 4. The fourth-order valence-corrected chi connectivity index (χ4v) is 1.99. The number of alkyl carbamates (subject to hydrolysis) is 1. The Hall–Kier alpha value is -3.10. The second-order valence-electron chi connectivity index (χ2n) is 6.96. The van der Waals surface area contributed by atoms with E-state index >= 15 is 0 Å². The number of carbonyl (C=O) groups is 4. The van der Waals surface area contributed by atoms with E-state index in [1.807, 2.05) is 0 Å². The molecule has 0 unspecified atom stereocenters. The van der Waals surface area contributed by atoms with Crippen LogP contribution in [0.4, 0.5) is 4.79 Å². The Bertz CT molecular complexity index is 671. The van der Waals surface area contributed by atoms with Crippen molar-refractivity contribution in [2.75, 3.05) is 26.2 Å². The Labute approximate surface area is 164 Å². The molecule has 154 valence electrons. The van der Waals surface area contributed by atoms with Gasteiger partial charge < -0.3 is 26.0 Å². The lowest BCUT2D eigenvalue weighted by Gasteiger charge is -2.19. The highest BCUT2D eigenvalue weighted by Gasteiger charge is 2.16. The summed E-state index contributed by atoms with van der Waals surface area (Å²) in [7, 11) is 0. The second-order valence-corrected chi connectivity index (χ2v) is 6.96. The lowest BCUT2D eigenvalue weighted by molar-refractivity contribution is -0.120. The molecule has 28 heavy (non-hydrogen) atoms. The van der Waals surface area contributed by atoms with Crippen molar-refractivity contribution in [1.82, 2.24) is 21.3 Å². The predicted octanol–water partition coefficient (Wildman–Crippen LogP) is 0.564. The molecule has 0 radical (unpaired) electrons. The molecule has 1 rings (SSSR count). The van der Waals surface area contributed by atoms with Crippen molar-refractivity contribution in [3.05, 3.63) is 35.9 Å². The molecular weight excluding hydrogens is 364 g/mol. The smallest absolute Gasteiger partial charge is 0.408 e. The summed E-state index contributed by atoms with van der Waals surface area (Å²) in [4.78, 5) is 46.5. The minimum absolute atomic E-state index is 0.125. The molecule has 0 fully saturated rings. The number of nitrogens with one attached hydrogen (secondary N) is 4. The topological polar surface area (TPSA) is 126 Å². The molecule has 0 aliphatic rings. The molecule has 9 nitrogen and oxygen atoms in total. The van der Waals surface area contributed by atoms with Crippen LogP contribution in [0.15, 0.2) is 30.3 Å². The maximum Gasteiger partial charge on any atom is 0.408 e. The Morgan fingerprint density at radius 1 is 0.821 bits per heavy atom. The van der Waals surface area contributed by atoms with E-state index in [0.29, 0.717) is 25.1 Å². The van der Waals surface area contributed by atoms with Gasteiger partial charge in [0.25, 0.3) is 5.91 Å². The van der Waals surface area contributed by atoms with Crippen LogP contribution in [0.3, 0.4) is 0 Å². The molecule has 0 saturated heterocycles. The maximum absolute atomic E-state index is 11.8. The summed E-state index contributed by atoms with van der Waals surface area (Å²) < 4.78 is 5.02. The summed E-state index contributed by atoms with van der Waals surface area (Å²) in [5, 5.41) is 10.1. The monoisotopic (exact) mass is 392 g/mol. The van der Waals surface area contributed by atoms with Gasteiger partial charge in [-0.2, -0.15) is 0 Å². The van der Waals surface area contributed by atoms with Crippen LogP contribution in [0.25, 0.3) is 0 Å². The number of hydrogen-bond acceptors (Lipinski definition) is 5. The van der Waals surface area contributed by atoms with Gasteiger partial charge in [0.2, 0.25) is 11.8 Å². The van der Waals surface area contributed by atoms with Crippen molar-refractivity contribution in [1.29, 1.82) is 0 Å². The van der Waals surface area contributed by atoms with Crippen LogP contribution in [-0.4, -0.2) is 55.6 Å². The van der Waals surface area contributed by atoms with Crippen LogP contribution in [-0.2, 0) is 14.3 Å². The molecule has 0 spiro atoms. The van der Waals surface area contributed by atoms with Crippen molar-refractivity contribution in [3.63, 3.8) is 0 Å². The predicted molar refractivity (Wildman–Crippen MR) is 104 cm³/mol. The number of carbonyl (C=O) groups excluding carboxylic acids is 4. The van der Waals surface area contributed by atoms with Crippen LogP contribution in [0.5, 0.6) is 0 Å². The molecule has 0 saturated carbocycles. The van der Waals surface area contributed by atoms with Crippen LogP contribution in [0.1, 0.15) is 37.6 Å². The largest absolute Gasteiger partial charge is 0.444 e. The molecule has 4 N–H and O–H groups in total. The molecule has 1 aromatic rings. The molecule has 9 heteroatoms. The van der Waals surface area contributed by atoms with Crippen LogP contribution in [0.2, 0.25) is 0 Å². The van der Waals surface area contributed by atoms with E-state index in [9.17, 15) is 19.2 Å². The summed E-state index contributed by atoms with van der Waals surface area (Å²) in [6.45, 7) is 5.56. The van der Waals surface area contributed by atoms with Crippen LogP contribution in [0, 0.1) is 0 Å². The first kappa shape index (κ1) is 22.9. The average Bonchev–Trinajstić information content (AvgIpc) is 2.63. The number of ether oxygens (including phenoxy) is 1. The fourth-order valence-electron chi connectivity index (χ4n) is 1.99. The van der Waals surface area contributed by atoms with E-state index in [4.69, 9.17) is 4.74 Å². The van der Waals surface area contributed by atoms with Gasteiger partial charge in [-0.3, -0.25) is 14.4 Å². The first-order chi connectivity index (χ1) is 13.2. The Morgan fingerprint density at radius 2 is 1.36 bits per heavy atom. The van der Waals surface area contributed by atoms with E-state index in [1.165, 1.54) is 0 Å². The highest BCUT2D eigenvalue weighted by Crippen LogP contribution is 2.06. The average molecular weight is 392 g/mol. The van der Waals surface area contributed by atoms with E-state index in [2.05, 4.69) is 21.3 Å². The fraction of sp³-hybridized carbons (Fsp3) is 0.474. The Morgan fingerprint density at radius 3 is 1.89 bits per heavy atom. The molecular formula is C19H28N4O5. The highest BCUT2D eigenvalue weighted by atomic mass is 16.6. The van der Waals surface area contributed by atoms with Crippen LogP contribution < -0.4 is 21.3 Å². The standard InChI is InChI=1S/C19H28N4O5/c1-19(2,3)28-18(27)23-13-16(25)21-11-7-10-20-15(24)12-22-17(26)14-8-5-4-6-9-14/h4-6,8-9H,7,10-13H2,1-3H3,(H,20,24)(H,21,25)(H,22,26)(H,23,27). The SMILES string of the molecule is CC(C)(C)OC(=O)NCC(=O)NCCCNC(=O)CNC(=O)c1ccccc1. The minimum Gasteiger partial charge on any atom is -0.444 e. The zero-order valence-corrected chi connectivity index (χ0v) is 16.5. The number of rotatable bonds is 9. The van der Waals surface area contributed by atoms with Gasteiger partial charge in [-0.25, -0.2) is 4.79 Å². The van der Waals surface area contributed by atoms with Gasteiger partial charge in [0.1, 0.15) is 5.60 Å². The van der Waals surface area contributed by atoms with Gasteiger partial charge in [0.05, 0.1) is 13.1 Å². The molecule has 0 aliphatic carbocycles. The highest BCUT2D eigenvalue weighted by molar-refractivity contribution is 5.96. The number of benzene rings is 1. The quantitative estimate of drug-likeness (QED) is 0.457. The van der Waals surface area contributed by atoms with Gasteiger partial charge in [-0.15, -0.1) is 0 Å². The Kier molecular flexibility index (Phi) is 9.49. The molecule has 0 aromatic heterocycles. The third kappa shape index (κ3) is 10.8. The normalized spacial score (nSPS) is 10.5. The maximum atomic E-state index is 11.8. The van der Waals surface area contributed by atoms with Crippen molar-refractivity contribution in [2.24, 2.45) is 0 Å². The molecule has 0 heterocycles. The second kappa shape index (κ2) is 11.6. The lowest BCUT2D eigenvalue weighted by atomic mass is 10.2. The Balaban J connectivity index is 2.07. The van der Waals surface area contributed by atoms with Crippen molar-refractivity contribution >= 4 is 23.8 Å². The first-order valence-electron chi connectivity index (χ1n) is 9.01. The minimum atomic E-state index is -0.660. The van der Waals surface area contributed by atoms with E-state index in [1.54, 1.807) is 51.1 Å². The third-order valence-electron chi connectivity index (χ3n) is 3.24. The molecule has 0 aliphatic heterocycles. The summed E-state index contributed by atoms with van der Waals surface area (Å²) >= 11 is 0. The molecule has 0 bridgehead atoms. The van der Waals surface area contributed by atoms with Crippen molar-refractivity contribution in [3.8, 4) is 0 Å². The summed E-state index contributed by atoms with van der Waals surface area (Å²) in [5.41, 5.74) is -0.141. The van der Waals surface area contributed by atoms with Gasteiger partial charge in [0.15, 0.2) is 0 Å². The van der Waals surface area contributed by atoms with E-state index in [-0.39, 0.29) is 30.8 Å². The summed E-state index contributed by atoms with van der Waals surface area (Å²) in [5.74, 6) is -0.991. The molecule has 0 atom stereocenters.